The van der Waals surface area contributed by atoms with Gasteiger partial charge < -0.3 is 19.2 Å². The normalized spacial score (nSPS) is 10.8. The van der Waals surface area contributed by atoms with Crippen molar-refractivity contribution in [2.24, 2.45) is 0 Å². The van der Waals surface area contributed by atoms with Gasteiger partial charge in [0.05, 0.1) is 13.7 Å². The third kappa shape index (κ3) is 4.86. The molecule has 158 valence electrons. The number of carbonyl (C=O) groups excluding carboxylic acids is 1. The van der Waals surface area contributed by atoms with Gasteiger partial charge in [0.15, 0.2) is 5.58 Å². The van der Waals surface area contributed by atoms with Crippen LogP contribution < -0.4 is 14.8 Å². The smallest absolute Gasteiger partial charge is 0.255 e. The van der Waals surface area contributed by atoms with Crippen molar-refractivity contribution < 1.29 is 18.7 Å². The van der Waals surface area contributed by atoms with E-state index in [4.69, 9.17) is 13.9 Å². The number of benzene rings is 3. The SMILES string of the molecule is CCCCOc1cccc(C(=O)Nc2cccc(-c3nc4cc(OC)ccc4o3)c2)c1. The highest BCUT2D eigenvalue weighted by atomic mass is 16.5. The summed E-state index contributed by atoms with van der Waals surface area (Å²) in [4.78, 5) is 17.3. The molecule has 0 aliphatic carbocycles. The molecule has 0 atom stereocenters. The lowest BCUT2D eigenvalue weighted by Crippen LogP contribution is -2.12. The van der Waals surface area contributed by atoms with Crippen LogP contribution in [0.15, 0.2) is 71.1 Å². The molecule has 6 heteroatoms. The maximum absolute atomic E-state index is 12.7. The van der Waals surface area contributed by atoms with Crippen LogP contribution in [-0.4, -0.2) is 24.6 Å². The Bertz CT molecular complexity index is 1200. The van der Waals surface area contributed by atoms with Gasteiger partial charge in [0, 0.05) is 22.9 Å². The zero-order valence-electron chi connectivity index (χ0n) is 17.6. The highest BCUT2D eigenvalue weighted by Crippen LogP contribution is 2.28. The lowest BCUT2D eigenvalue weighted by Gasteiger charge is -2.09. The number of methoxy groups -OCH3 is 1. The Morgan fingerprint density at radius 3 is 2.74 bits per heavy atom. The molecule has 31 heavy (non-hydrogen) atoms. The maximum atomic E-state index is 12.7. The van der Waals surface area contributed by atoms with Crippen LogP contribution in [0.3, 0.4) is 0 Å². The van der Waals surface area contributed by atoms with Crippen molar-refractivity contribution in [2.75, 3.05) is 19.0 Å². The van der Waals surface area contributed by atoms with Crippen LogP contribution >= 0.6 is 0 Å². The Kier molecular flexibility index (Phi) is 6.17. The molecular weight excluding hydrogens is 392 g/mol. The average molecular weight is 416 g/mol. The number of fused-ring (bicyclic) bond motifs is 1. The number of rotatable bonds is 8. The van der Waals surface area contributed by atoms with Crippen LogP contribution in [0.4, 0.5) is 5.69 Å². The standard InChI is InChI=1S/C25H24N2O4/c1-3-4-13-30-21-10-6-7-17(15-21)24(28)26-19-9-5-8-18(14-19)25-27-22-16-20(29-2)11-12-23(22)31-25/h5-12,14-16H,3-4,13H2,1-2H3,(H,26,28). The first-order valence-corrected chi connectivity index (χ1v) is 10.3. The Balaban J connectivity index is 1.51. The first-order valence-electron chi connectivity index (χ1n) is 10.3. The summed E-state index contributed by atoms with van der Waals surface area (Å²) in [6.45, 7) is 2.75. The van der Waals surface area contributed by atoms with E-state index in [0.29, 0.717) is 46.3 Å². The molecule has 4 rings (SSSR count). The molecule has 1 aromatic heterocycles. The molecule has 0 spiro atoms. The number of amides is 1. The second-order valence-corrected chi connectivity index (χ2v) is 7.12. The minimum Gasteiger partial charge on any atom is -0.497 e. The molecule has 0 aliphatic heterocycles. The largest absolute Gasteiger partial charge is 0.497 e. The number of hydrogen-bond donors (Lipinski definition) is 1. The lowest BCUT2D eigenvalue weighted by molar-refractivity contribution is 0.102. The molecule has 1 amide bonds. The predicted molar refractivity (Wildman–Crippen MR) is 121 cm³/mol. The highest BCUT2D eigenvalue weighted by molar-refractivity contribution is 6.04. The molecule has 0 saturated heterocycles. The topological polar surface area (TPSA) is 73.6 Å². The van der Waals surface area contributed by atoms with Crippen molar-refractivity contribution in [3.8, 4) is 23.0 Å². The molecule has 1 N–H and O–H groups in total. The predicted octanol–water partition coefficient (Wildman–Crippen LogP) is 5.93. The summed E-state index contributed by atoms with van der Waals surface area (Å²) in [7, 11) is 1.61. The van der Waals surface area contributed by atoms with Gasteiger partial charge in [0.25, 0.3) is 5.91 Å². The van der Waals surface area contributed by atoms with E-state index in [1.54, 1.807) is 19.2 Å². The van der Waals surface area contributed by atoms with Gasteiger partial charge in [-0.15, -0.1) is 0 Å². The number of ether oxygens (including phenoxy) is 2. The maximum Gasteiger partial charge on any atom is 0.255 e. The zero-order valence-corrected chi connectivity index (χ0v) is 17.6. The van der Waals surface area contributed by atoms with E-state index in [1.807, 2.05) is 54.6 Å². The molecule has 0 unspecified atom stereocenters. The Morgan fingerprint density at radius 1 is 1.03 bits per heavy atom. The van der Waals surface area contributed by atoms with Crippen LogP contribution in [0.5, 0.6) is 11.5 Å². The van der Waals surface area contributed by atoms with E-state index in [1.165, 1.54) is 0 Å². The highest BCUT2D eigenvalue weighted by Gasteiger charge is 2.12. The van der Waals surface area contributed by atoms with Crippen molar-refractivity contribution in [2.45, 2.75) is 19.8 Å². The number of oxazole rings is 1. The number of nitrogens with zero attached hydrogens (tertiary/aromatic N) is 1. The second kappa shape index (κ2) is 9.34. The first kappa shape index (κ1) is 20.5. The second-order valence-electron chi connectivity index (χ2n) is 7.12. The third-order valence-corrected chi connectivity index (χ3v) is 4.82. The molecule has 0 fully saturated rings. The Morgan fingerprint density at radius 2 is 1.90 bits per heavy atom. The van der Waals surface area contributed by atoms with Crippen molar-refractivity contribution >= 4 is 22.7 Å². The van der Waals surface area contributed by atoms with Crippen LogP contribution in [0.25, 0.3) is 22.6 Å². The summed E-state index contributed by atoms with van der Waals surface area (Å²) in [6, 6.07) is 20.1. The van der Waals surface area contributed by atoms with Gasteiger partial charge in [0.1, 0.15) is 17.0 Å². The van der Waals surface area contributed by atoms with Crippen molar-refractivity contribution in [3.63, 3.8) is 0 Å². The molecular formula is C25H24N2O4. The molecule has 0 bridgehead atoms. The van der Waals surface area contributed by atoms with Gasteiger partial charge in [-0.3, -0.25) is 4.79 Å². The molecule has 0 aliphatic rings. The van der Waals surface area contributed by atoms with Crippen LogP contribution in [0.1, 0.15) is 30.1 Å². The number of nitrogens with one attached hydrogen (secondary N) is 1. The summed E-state index contributed by atoms with van der Waals surface area (Å²) in [6.07, 6.45) is 2.04. The van der Waals surface area contributed by atoms with E-state index in [0.717, 1.165) is 18.4 Å². The third-order valence-electron chi connectivity index (χ3n) is 4.82. The number of anilines is 1. The molecule has 6 nitrogen and oxygen atoms in total. The van der Waals surface area contributed by atoms with E-state index in [9.17, 15) is 4.79 Å². The van der Waals surface area contributed by atoms with E-state index < -0.39 is 0 Å². The van der Waals surface area contributed by atoms with Crippen LogP contribution in [0.2, 0.25) is 0 Å². The van der Waals surface area contributed by atoms with Gasteiger partial charge in [-0.05, 0) is 55.0 Å². The number of carbonyl (C=O) groups is 1. The number of unbranched alkanes of at least 4 members (excludes halogenated alkanes) is 1. The lowest BCUT2D eigenvalue weighted by atomic mass is 10.1. The van der Waals surface area contributed by atoms with E-state index in [-0.39, 0.29) is 5.91 Å². The van der Waals surface area contributed by atoms with Crippen molar-refractivity contribution in [1.82, 2.24) is 4.98 Å². The summed E-state index contributed by atoms with van der Waals surface area (Å²) in [5, 5.41) is 2.93. The zero-order chi connectivity index (χ0) is 21.6. The molecule has 1 heterocycles. The molecule has 0 radical (unpaired) electrons. The van der Waals surface area contributed by atoms with E-state index in [2.05, 4.69) is 17.2 Å². The molecule has 3 aromatic carbocycles. The van der Waals surface area contributed by atoms with Gasteiger partial charge in [-0.1, -0.05) is 25.5 Å². The molecule has 0 saturated carbocycles. The summed E-state index contributed by atoms with van der Waals surface area (Å²) < 4.78 is 16.8. The number of hydrogen-bond acceptors (Lipinski definition) is 5. The Hall–Kier alpha value is -3.80. The fourth-order valence-corrected chi connectivity index (χ4v) is 3.15. The minimum atomic E-state index is -0.208. The average Bonchev–Trinajstić information content (AvgIpc) is 3.23. The summed E-state index contributed by atoms with van der Waals surface area (Å²) in [5.74, 6) is 1.68. The number of aromatic nitrogens is 1. The van der Waals surface area contributed by atoms with Crippen molar-refractivity contribution in [1.29, 1.82) is 0 Å². The first-order chi connectivity index (χ1) is 15.2. The fourth-order valence-electron chi connectivity index (χ4n) is 3.15. The molecule has 4 aromatic rings. The van der Waals surface area contributed by atoms with E-state index >= 15 is 0 Å². The minimum absolute atomic E-state index is 0.208. The van der Waals surface area contributed by atoms with Crippen LogP contribution in [0, 0.1) is 0 Å². The van der Waals surface area contributed by atoms with Gasteiger partial charge in [-0.25, -0.2) is 4.98 Å². The van der Waals surface area contributed by atoms with Crippen molar-refractivity contribution in [3.05, 3.63) is 72.3 Å². The quantitative estimate of drug-likeness (QED) is 0.360. The van der Waals surface area contributed by atoms with Gasteiger partial charge >= 0.3 is 0 Å². The van der Waals surface area contributed by atoms with Crippen LogP contribution in [-0.2, 0) is 0 Å². The van der Waals surface area contributed by atoms with Gasteiger partial charge in [-0.2, -0.15) is 0 Å². The fraction of sp³-hybridized carbons (Fsp3) is 0.200. The Labute approximate surface area is 180 Å². The summed E-state index contributed by atoms with van der Waals surface area (Å²) >= 11 is 0. The van der Waals surface area contributed by atoms with Gasteiger partial charge in [0.2, 0.25) is 5.89 Å². The summed E-state index contributed by atoms with van der Waals surface area (Å²) in [5.41, 5.74) is 3.34. The monoisotopic (exact) mass is 416 g/mol.